The van der Waals surface area contributed by atoms with E-state index in [2.05, 4.69) is 0 Å². The number of aliphatic hydroxyl groups is 4. The molecule has 0 aromatic heterocycles. The second kappa shape index (κ2) is 6.37. The van der Waals surface area contributed by atoms with E-state index in [0.717, 1.165) is 0 Å². The molecule has 1 aromatic carbocycles. The van der Waals surface area contributed by atoms with Gasteiger partial charge in [0, 0.05) is 0 Å². The number of para-hydroxylation sites is 1. The maximum atomic E-state index is 11.1. The Balaban J connectivity index is 2.23. The molecule has 0 aliphatic carbocycles. The second-order valence-corrected chi connectivity index (χ2v) is 4.64. The first-order valence-corrected chi connectivity index (χ1v) is 6.25. The molecular weight excluding hydrogens is 284 g/mol. The van der Waals surface area contributed by atoms with Gasteiger partial charge in [0.25, 0.3) is 0 Å². The molecule has 2 rings (SSSR count). The van der Waals surface area contributed by atoms with E-state index < -0.39 is 43.3 Å². The van der Waals surface area contributed by atoms with Crippen molar-refractivity contribution in [3.63, 3.8) is 0 Å². The number of aliphatic hydroxyl groups excluding tert-OH is 4. The summed E-state index contributed by atoms with van der Waals surface area (Å²) in [5.74, 6) is -2.29. The zero-order valence-corrected chi connectivity index (χ0v) is 10.9. The lowest BCUT2D eigenvalue weighted by Gasteiger charge is -2.39. The molecule has 0 radical (unpaired) electrons. The quantitative estimate of drug-likeness (QED) is 0.466. The Morgan fingerprint density at radius 3 is 2.48 bits per heavy atom. The van der Waals surface area contributed by atoms with Crippen molar-refractivity contribution in [2.75, 3.05) is 6.61 Å². The molecule has 1 fully saturated rings. The predicted octanol–water partition coefficient (Wildman–Crippen LogP) is -1.23. The van der Waals surface area contributed by atoms with E-state index >= 15 is 0 Å². The predicted molar refractivity (Wildman–Crippen MR) is 67.5 cm³/mol. The van der Waals surface area contributed by atoms with Gasteiger partial charge in [0.1, 0.15) is 17.4 Å². The van der Waals surface area contributed by atoms with Crippen molar-refractivity contribution >= 4 is 5.97 Å². The number of rotatable bonds is 4. The SMILES string of the molecule is O=C(O)c1ccccc1OC1O[C@H](O)[C@@H](O)[C@H](O)[C@H]1CO. The summed E-state index contributed by atoms with van der Waals surface area (Å²) in [6, 6.07) is 5.75. The highest BCUT2D eigenvalue weighted by Gasteiger charge is 2.45. The van der Waals surface area contributed by atoms with Gasteiger partial charge in [-0.2, -0.15) is 0 Å². The fraction of sp³-hybridized carbons (Fsp3) is 0.462. The average molecular weight is 300 g/mol. The third-order valence-corrected chi connectivity index (χ3v) is 3.28. The zero-order valence-electron chi connectivity index (χ0n) is 10.9. The van der Waals surface area contributed by atoms with Crippen LogP contribution in [0.4, 0.5) is 0 Å². The van der Waals surface area contributed by atoms with Crippen LogP contribution in [0.2, 0.25) is 0 Å². The van der Waals surface area contributed by atoms with Crippen molar-refractivity contribution in [2.45, 2.75) is 24.8 Å². The maximum Gasteiger partial charge on any atom is 0.339 e. The van der Waals surface area contributed by atoms with Gasteiger partial charge in [0.05, 0.1) is 18.6 Å². The molecule has 0 bridgehead atoms. The molecule has 1 aliphatic heterocycles. The summed E-state index contributed by atoms with van der Waals surface area (Å²) in [6.07, 6.45) is -6.06. The minimum atomic E-state index is -1.70. The molecule has 8 nitrogen and oxygen atoms in total. The molecule has 1 saturated heterocycles. The van der Waals surface area contributed by atoms with Crippen LogP contribution >= 0.6 is 0 Å². The third kappa shape index (κ3) is 3.14. The first-order valence-electron chi connectivity index (χ1n) is 6.25. The van der Waals surface area contributed by atoms with Crippen molar-refractivity contribution in [3.8, 4) is 5.75 Å². The molecule has 5 N–H and O–H groups in total. The standard InChI is InChI=1S/C13H16O8/c14-5-7-9(15)10(16)12(19)21-13(7)20-8-4-2-1-3-6(8)11(17)18/h1-4,7,9-10,12-16,19H,5H2,(H,17,18)/t7-,9-,10+,12+,13?/m1/s1. The summed E-state index contributed by atoms with van der Waals surface area (Å²) in [4.78, 5) is 11.1. The van der Waals surface area contributed by atoms with Gasteiger partial charge in [-0.05, 0) is 12.1 Å². The molecule has 1 aromatic rings. The van der Waals surface area contributed by atoms with Gasteiger partial charge < -0.3 is 35.0 Å². The third-order valence-electron chi connectivity index (χ3n) is 3.28. The average Bonchev–Trinajstić information content (AvgIpc) is 2.45. The summed E-state index contributed by atoms with van der Waals surface area (Å²) in [5.41, 5.74) is -0.132. The number of hydrogen-bond acceptors (Lipinski definition) is 7. The first kappa shape index (κ1) is 15.7. The number of carboxylic acid groups (broad SMARTS) is 1. The largest absolute Gasteiger partial charge is 0.478 e. The highest BCUT2D eigenvalue weighted by Crippen LogP contribution is 2.29. The summed E-state index contributed by atoms with van der Waals surface area (Å²) >= 11 is 0. The molecule has 1 unspecified atom stereocenters. The van der Waals surface area contributed by atoms with Crippen LogP contribution in [-0.2, 0) is 4.74 Å². The number of hydrogen-bond donors (Lipinski definition) is 5. The Morgan fingerprint density at radius 1 is 1.19 bits per heavy atom. The van der Waals surface area contributed by atoms with Crippen molar-refractivity contribution in [3.05, 3.63) is 29.8 Å². The number of benzene rings is 1. The van der Waals surface area contributed by atoms with E-state index in [1.165, 1.54) is 18.2 Å². The summed E-state index contributed by atoms with van der Waals surface area (Å²) in [6.45, 7) is -0.579. The number of carbonyl (C=O) groups is 1. The topological polar surface area (TPSA) is 137 Å². The van der Waals surface area contributed by atoms with Crippen LogP contribution in [-0.4, -0.2) is 62.9 Å². The van der Waals surface area contributed by atoms with Crippen LogP contribution in [0.5, 0.6) is 5.75 Å². The number of carboxylic acids is 1. The van der Waals surface area contributed by atoms with E-state index in [-0.39, 0.29) is 11.3 Å². The second-order valence-electron chi connectivity index (χ2n) is 4.64. The fourth-order valence-electron chi connectivity index (χ4n) is 2.08. The van der Waals surface area contributed by atoms with Crippen LogP contribution in [0.25, 0.3) is 0 Å². The molecule has 116 valence electrons. The smallest absolute Gasteiger partial charge is 0.339 e. The number of ether oxygens (including phenoxy) is 2. The van der Waals surface area contributed by atoms with E-state index in [0.29, 0.717) is 0 Å². The molecule has 0 amide bonds. The first-order chi connectivity index (χ1) is 9.95. The molecule has 1 aliphatic rings. The van der Waals surface area contributed by atoms with Gasteiger partial charge in [-0.25, -0.2) is 4.79 Å². The normalized spacial score (nSPS) is 32.7. The molecule has 5 atom stereocenters. The maximum absolute atomic E-state index is 11.1. The summed E-state index contributed by atoms with van der Waals surface area (Å²) in [7, 11) is 0. The Morgan fingerprint density at radius 2 is 1.86 bits per heavy atom. The van der Waals surface area contributed by atoms with Crippen molar-refractivity contribution < 1.29 is 39.8 Å². The minimum absolute atomic E-state index is 0.0377. The molecule has 0 spiro atoms. The van der Waals surface area contributed by atoms with Crippen LogP contribution in [0.3, 0.4) is 0 Å². The van der Waals surface area contributed by atoms with Crippen LogP contribution in [0, 0.1) is 5.92 Å². The summed E-state index contributed by atoms with van der Waals surface area (Å²) in [5, 5.41) is 47.1. The molecule has 1 heterocycles. The van der Waals surface area contributed by atoms with Crippen molar-refractivity contribution in [1.82, 2.24) is 0 Å². The van der Waals surface area contributed by atoms with E-state index in [4.69, 9.17) is 14.6 Å². The zero-order chi connectivity index (χ0) is 15.6. The lowest BCUT2D eigenvalue weighted by Crippen LogP contribution is -2.57. The Bertz CT molecular complexity index is 505. The Labute approximate surface area is 119 Å². The van der Waals surface area contributed by atoms with Crippen LogP contribution in [0.15, 0.2) is 24.3 Å². The van der Waals surface area contributed by atoms with Gasteiger partial charge in [-0.3, -0.25) is 0 Å². The number of aromatic carboxylic acids is 1. The van der Waals surface area contributed by atoms with Gasteiger partial charge in [-0.15, -0.1) is 0 Å². The van der Waals surface area contributed by atoms with E-state index in [9.17, 15) is 25.2 Å². The highest BCUT2D eigenvalue weighted by molar-refractivity contribution is 5.90. The molecule has 21 heavy (non-hydrogen) atoms. The summed E-state index contributed by atoms with van der Waals surface area (Å²) < 4.78 is 10.3. The Kier molecular flexibility index (Phi) is 4.76. The monoisotopic (exact) mass is 300 g/mol. The van der Waals surface area contributed by atoms with Gasteiger partial charge in [-0.1, -0.05) is 12.1 Å². The molecular formula is C13H16O8. The van der Waals surface area contributed by atoms with E-state index in [1.54, 1.807) is 6.07 Å². The van der Waals surface area contributed by atoms with Gasteiger partial charge in [0.2, 0.25) is 6.29 Å². The molecule has 8 heteroatoms. The fourth-order valence-corrected chi connectivity index (χ4v) is 2.08. The van der Waals surface area contributed by atoms with Crippen molar-refractivity contribution in [1.29, 1.82) is 0 Å². The van der Waals surface area contributed by atoms with E-state index in [1.807, 2.05) is 0 Å². The van der Waals surface area contributed by atoms with Gasteiger partial charge >= 0.3 is 5.97 Å². The van der Waals surface area contributed by atoms with Gasteiger partial charge in [0.15, 0.2) is 6.29 Å². The van der Waals surface area contributed by atoms with Crippen LogP contribution in [0.1, 0.15) is 10.4 Å². The lowest BCUT2D eigenvalue weighted by atomic mass is 9.94. The minimum Gasteiger partial charge on any atom is -0.478 e. The molecule has 0 saturated carbocycles. The highest BCUT2D eigenvalue weighted by atomic mass is 16.7. The Hall–Kier alpha value is -1.71. The lowest BCUT2D eigenvalue weighted by molar-refractivity contribution is -0.312. The van der Waals surface area contributed by atoms with Crippen molar-refractivity contribution in [2.24, 2.45) is 5.92 Å². The van der Waals surface area contributed by atoms with Crippen LogP contribution < -0.4 is 4.74 Å².